The fraction of sp³-hybridized carbons (Fsp3) is 0.250. The van der Waals surface area contributed by atoms with Crippen molar-refractivity contribution in [1.82, 2.24) is 4.98 Å². The van der Waals surface area contributed by atoms with Gasteiger partial charge in [0.05, 0.1) is 29.9 Å². The quantitative estimate of drug-likeness (QED) is 0.0176. The molecule has 0 atom stereocenters. The van der Waals surface area contributed by atoms with Gasteiger partial charge in [-0.3, -0.25) is 4.79 Å². The van der Waals surface area contributed by atoms with Crippen LogP contribution in [-0.4, -0.2) is 36.4 Å². The number of unbranched alkanes of at least 4 members (excludes halogenated alkanes) is 7. The van der Waals surface area contributed by atoms with Crippen LogP contribution >= 0.6 is 11.8 Å². The van der Waals surface area contributed by atoms with Gasteiger partial charge in [0.2, 0.25) is 0 Å². The number of allylic oxidation sites excluding steroid dienone is 1. The molecule has 0 unspecified atom stereocenters. The molecule has 0 N–H and O–H groups in total. The van der Waals surface area contributed by atoms with Crippen molar-refractivity contribution in [2.45, 2.75) is 74.6 Å². The zero-order valence-electron chi connectivity index (χ0n) is 32.2. The molecule has 0 aliphatic heterocycles. The molecule has 1 aromatic heterocycles. The lowest BCUT2D eigenvalue weighted by Gasteiger charge is -2.12. The summed E-state index contributed by atoms with van der Waals surface area (Å²) in [5, 5.41) is 3.29. The summed E-state index contributed by atoms with van der Waals surface area (Å²) in [5.41, 5.74) is 1.78. The third kappa shape index (κ3) is 11.6. The second kappa shape index (κ2) is 20.8. The van der Waals surface area contributed by atoms with E-state index in [0.717, 1.165) is 83.8 Å². The van der Waals surface area contributed by atoms with Crippen LogP contribution in [0.5, 0.6) is 23.0 Å². The van der Waals surface area contributed by atoms with Gasteiger partial charge in [0, 0.05) is 21.2 Å². The Morgan fingerprint density at radius 1 is 0.614 bits per heavy atom. The van der Waals surface area contributed by atoms with Crippen molar-refractivity contribution in [3.8, 4) is 23.0 Å². The minimum Gasteiger partial charge on any atom is -0.494 e. The maximum atomic E-state index is 13.4. The predicted octanol–water partition coefficient (Wildman–Crippen LogP) is 12.3. The molecular formula is C48H47NO7S. The van der Waals surface area contributed by atoms with Crippen LogP contribution in [0.3, 0.4) is 0 Å². The van der Waals surface area contributed by atoms with Crippen LogP contribution in [0.15, 0.2) is 132 Å². The fourth-order valence-electron chi connectivity index (χ4n) is 6.24. The van der Waals surface area contributed by atoms with Gasteiger partial charge in [-0.25, -0.2) is 14.6 Å². The molecule has 0 aliphatic rings. The van der Waals surface area contributed by atoms with Crippen molar-refractivity contribution >= 4 is 51.7 Å². The molecule has 6 rings (SSSR count). The molecule has 0 spiro atoms. The van der Waals surface area contributed by atoms with E-state index in [-0.39, 0.29) is 5.75 Å². The highest BCUT2D eigenvalue weighted by molar-refractivity contribution is 7.99. The van der Waals surface area contributed by atoms with Crippen molar-refractivity contribution in [3.63, 3.8) is 0 Å². The summed E-state index contributed by atoms with van der Waals surface area (Å²) in [5.74, 6) is 1.10. The smallest absolute Gasteiger partial charge is 0.343 e. The first-order chi connectivity index (χ1) is 27.9. The van der Waals surface area contributed by atoms with E-state index < -0.39 is 11.9 Å². The van der Waals surface area contributed by atoms with Crippen LogP contribution in [0.4, 0.5) is 0 Å². The fourth-order valence-corrected chi connectivity index (χ4v) is 7.16. The molecule has 0 bridgehead atoms. The molecule has 0 amide bonds. The van der Waals surface area contributed by atoms with Crippen LogP contribution in [0.2, 0.25) is 0 Å². The molecule has 6 aromatic rings. The minimum atomic E-state index is -0.570. The lowest BCUT2D eigenvalue weighted by molar-refractivity contribution is 0.0730. The second-order valence-corrected chi connectivity index (χ2v) is 14.7. The highest BCUT2D eigenvalue weighted by atomic mass is 32.2. The van der Waals surface area contributed by atoms with Crippen LogP contribution in [0.25, 0.3) is 21.7 Å². The van der Waals surface area contributed by atoms with Crippen molar-refractivity contribution in [1.29, 1.82) is 0 Å². The molecule has 0 aliphatic carbocycles. The lowest BCUT2D eigenvalue weighted by atomic mass is 10.0. The van der Waals surface area contributed by atoms with Gasteiger partial charge in [-0.2, -0.15) is 0 Å². The monoisotopic (exact) mass is 781 g/mol. The molecule has 5 aromatic carbocycles. The number of fused-ring (bicyclic) bond motifs is 3. The van der Waals surface area contributed by atoms with E-state index in [0.29, 0.717) is 46.2 Å². The first-order valence-electron chi connectivity index (χ1n) is 19.6. The van der Waals surface area contributed by atoms with Gasteiger partial charge in [0.1, 0.15) is 34.3 Å². The molecule has 0 saturated carbocycles. The van der Waals surface area contributed by atoms with Crippen LogP contribution in [-0.2, 0) is 0 Å². The van der Waals surface area contributed by atoms with Crippen LogP contribution in [0.1, 0.15) is 95.8 Å². The highest BCUT2D eigenvalue weighted by Crippen LogP contribution is 2.37. The maximum absolute atomic E-state index is 13.4. The normalized spacial score (nSPS) is 11.0. The van der Waals surface area contributed by atoms with Crippen LogP contribution < -0.4 is 18.9 Å². The van der Waals surface area contributed by atoms with Crippen molar-refractivity contribution in [2.24, 2.45) is 0 Å². The summed E-state index contributed by atoms with van der Waals surface area (Å²) in [4.78, 5) is 43.8. The number of benzene rings is 5. The largest absolute Gasteiger partial charge is 0.494 e. The second-order valence-electron chi connectivity index (χ2n) is 13.7. The first-order valence-corrected chi connectivity index (χ1v) is 20.4. The number of aldehydes is 1. The third-order valence-corrected chi connectivity index (χ3v) is 10.4. The molecule has 8 nitrogen and oxygen atoms in total. The summed E-state index contributed by atoms with van der Waals surface area (Å²) in [6, 6.07) is 31.8. The first kappa shape index (κ1) is 40.7. The van der Waals surface area contributed by atoms with E-state index in [2.05, 4.69) is 13.5 Å². The maximum Gasteiger partial charge on any atom is 0.343 e. The van der Waals surface area contributed by atoms with Gasteiger partial charge in [-0.15, -0.1) is 6.58 Å². The summed E-state index contributed by atoms with van der Waals surface area (Å²) >= 11 is 1.48. The molecule has 0 fully saturated rings. The standard InChI is InChI=1S/C48H47NO7S/c1-3-5-7-9-10-12-30-53-37-19-21-40(22-20-37)55-47(51)35-14-17-39(18-15-35)56-48(52)36-16-28-43-42-27-13-34(33-50)31-44(42)46(49-45(43)32-36)57-41-25-23-38(24-26-41)54-29-11-8-6-4-2/h3,13-28,31-33H,1,4-12,29-30H2,2H3. The van der Waals surface area contributed by atoms with E-state index in [1.54, 1.807) is 66.7 Å². The average Bonchev–Trinajstić information content (AvgIpc) is 3.24. The van der Waals surface area contributed by atoms with Crippen molar-refractivity contribution in [2.75, 3.05) is 13.2 Å². The van der Waals surface area contributed by atoms with E-state index in [9.17, 15) is 14.4 Å². The Kier molecular flexibility index (Phi) is 14.9. The van der Waals surface area contributed by atoms with Gasteiger partial charge < -0.3 is 18.9 Å². The van der Waals surface area contributed by atoms with Gasteiger partial charge in [-0.1, -0.05) is 75.1 Å². The number of carbonyl (C=O) groups is 3. The topological polar surface area (TPSA) is 101 Å². The Balaban J connectivity index is 1.08. The SMILES string of the molecule is C=CCCCCCCOc1ccc(OC(=O)c2ccc(OC(=O)c3ccc4c(c3)nc(Sc3ccc(OCCCCCC)cc3)c3cc(C=O)ccc34)cc2)cc1. The summed E-state index contributed by atoms with van der Waals surface area (Å²) < 4.78 is 23.0. The average molecular weight is 782 g/mol. The number of hydrogen-bond donors (Lipinski definition) is 0. The summed E-state index contributed by atoms with van der Waals surface area (Å²) in [6.45, 7) is 7.26. The zero-order chi connectivity index (χ0) is 39.8. The zero-order valence-corrected chi connectivity index (χ0v) is 33.1. The molecule has 1 heterocycles. The molecule has 0 radical (unpaired) electrons. The Morgan fingerprint density at radius 3 is 1.82 bits per heavy atom. The van der Waals surface area contributed by atoms with Gasteiger partial charge in [-0.05, 0) is 122 Å². The Hall–Kier alpha value is -5.93. The molecule has 9 heteroatoms. The number of ether oxygens (including phenoxy) is 4. The van der Waals surface area contributed by atoms with Crippen molar-refractivity contribution in [3.05, 3.63) is 139 Å². The van der Waals surface area contributed by atoms with E-state index in [4.69, 9.17) is 23.9 Å². The summed E-state index contributed by atoms with van der Waals surface area (Å²) in [7, 11) is 0. The Labute approximate surface area is 338 Å². The van der Waals surface area contributed by atoms with E-state index in [1.807, 2.05) is 48.5 Å². The number of carbonyl (C=O) groups excluding carboxylic acids is 3. The number of hydrogen-bond acceptors (Lipinski definition) is 9. The predicted molar refractivity (Wildman–Crippen MR) is 226 cm³/mol. The highest BCUT2D eigenvalue weighted by Gasteiger charge is 2.16. The number of nitrogens with zero attached hydrogens (tertiary/aromatic N) is 1. The lowest BCUT2D eigenvalue weighted by Crippen LogP contribution is -2.10. The Bertz CT molecular complexity index is 2290. The van der Waals surface area contributed by atoms with E-state index in [1.165, 1.54) is 24.6 Å². The number of esters is 2. The van der Waals surface area contributed by atoms with E-state index >= 15 is 0 Å². The number of pyridine rings is 1. The van der Waals surface area contributed by atoms with Gasteiger partial charge in [0.15, 0.2) is 0 Å². The molecular weight excluding hydrogens is 735 g/mol. The van der Waals surface area contributed by atoms with Crippen molar-refractivity contribution < 1.29 is 33.3 Å². The molecule has 0 saturated heterocycles. The number of aromatic nitrogens is 1. The van der Waals surface area contributed by atoms with Gasteiger partial charge in [0.25, 0.3) is 0 Å². The molecule has 57 heavy (non-hydrogen) atoms. The van der Waals surface area contributed by atoms with Gasteiger partial charge >= 0.3 is 11.9 Å². The van der Waals surface area contributed by atoms with Crippen LogP contribution in [0, 0.1) is 0 Å². The summed E-state index contributed by atoms with van der Waals surface area (Å²) in [6.07, 6.45) is 12.8. The minimum absolute atomic E-state index is 0.274. The Morgan fingerprint density at radius 2 is 1.18 bits per heavy atom. The molecule has 292 valence electrons. The number of rotatable bonds is 21. The third-order valence-electron chi connectivity index (χ3n) is 9.37.